The Morgan fingerprint density at radius 3 is 1.19 bits per heavy atom. The van der Waals surface area contributed by atoms with Crippen molar-refractivity contribution in [3.63, 3.8) is 0 Å². The van der Waals surface area contributed by atoms with Gasteiger partial charge in [-0.3, -0.25) is 9.59 Å². The highest BCUT2D eigenvalue weighted by Crippen LogP contribution is 2.10. The van der Waals surface area contributed by atoms with Gasteiger partial charge in [-0.25, -0.2) is 14.4 Å². The number of hydrogen-bond donors (Lipinski definition) is 4. The van der Waals surface area contributed by atoms with Crippen LogP contribution >= 0.6 is 0 Å². The first-order valence-corrected chi connectivity index (χ1v) is 13.9. The van der Waals surface area contributed by atoms with Crippen molar-refractivity contribution in [2.45, 2.75) is 64.7 Å². The van der Waals surface area contributed by atoms with Gasteiger partial charge >= 0.3 is 18.0 Å². The van der Waals surface area contributed by atoms with Crippen LogP contribution in [0.1, 0.15) is 38.8 Å². The van der Waals surface area contributed by atoms with Crippen molar-refractivity contribution in [3.8, 4) is 0 Å². The lowest BCUT2D eigenvalue weighted by molar-refractivity contribution is -0.146. The van der Waals surface area contributed by atoms with Crippen molar-refractivity contribution in [1.82, 2.24) is 21.3 Å². The Kier molecular flexibility index (Phi) is 13.5. The first-order chi connectivity index (χ1) is 20.0. The number of methoxy groups -OCH3 is 2. The van der Waals surface area contributed by atoms with E-state index in [2.05, 4.69) is 21.3 Å². The third kappa shape index (κ3) is 10.5. The maximum Gasteiger partial charge on any atom is 0.328 e. The monoisotopic (exact) mass is 582 g/mol. The zero-order valence-corrected chi connectivity index (χ0v) is 25.0. The molecule has 42 heavy (non-hydrogen) atoms. The van der Waals surface area contributed by atoms with Gasteiger partial charge in [0.2, 0.25) is 11.8 Å². The van der Waals surface area contributed by atoms with Crippen molar-refractivity contribution in [2.75, 3.05) is 14.2 Å². The maximum absolute atomic E-state index is 13.4. The van der Waals surface area contributed by atoms with Gasteiger partial charge in [-0.1, -0.05) is 88.4 Å². The van der Waals surface area contributed by atoms with Crippen LogP contribution in [0.2, 0.25) is 0 Å². The fraction of sp³-hybridized carbons (Fsp3) is 0.452. The molecule has 11 nitrogen and oxygen atoms in total. The van der Waals surface area contributed by atoms with E-state index < -0.39 is 54.0 Å². The number of rotatable bonds is 14. The summed E-state index contributed by atoms with van der Waals surface area (Å²) < 4.78 is 9.66. The number of carbonyl (C=O) groups excluding carboxylic acids is 5. The molecule has 0 aliphatic heterocycles. The van der Waals surface area contributed by atoms with Crippen LogP contribution in [-0.2, 0) is 41.5 Å². The van der Waals surface area contributed by atoms with E-state index in [1.165, 1.54) is 14.2 Å². The minimum Gasteiger partial charge on any atom is -0.467 e. The van der Waals surface area contributed by atoms with Crippen molar-refractivity contribution in [1.29, 1.82) is 0 Å². The molecule has 2 aromatic rings. The van der Waals surface area contributed by atoms with E-state index in [-0.39, 0.29) is 24.7 Å². The van der Waals surface area contributed by atoms with Gasteiger partial charge in [0, 0.05) is 12.8 Å². The Balaban J connectivity index is 2.29. The molecule has 0 unspecified atom stereocenters. The normalized spacial score (nSPS) is 13.7. The zero-order chi connectivity index (χ0) is 31.2. The summed E-state index contributed by atoms with van der Waals surface area (Å²) in [6, 6.07) is 13.3. The third-order valence-corrected chi connectivity index (χ3v) is 6.65. The Morgan fingerprint density at radius 1 is 0.571 bits per heavy atom. The SMILES string of the molecule is COC(=O)[C@@H](NC(=O)[C@H](Cc1ccccc1)NC(=O)N[C@@H](Cc1ccccc1)C(=O)N[C@H](C(=O)OC)C(C)C)C(C)C. The molecule has 0 aromatic heterocycles. The highest BCUT2D eigenvalue weighted by atomic mass is 16.5. The molecule has 0 bridgehead atoms. The Hall–Kier alpha value is -4.41. The summed E-state index contributed by atoms with van der Waals surface area (Å²) in [5, 5.41) is 10.7. The number of carbonyl (C=O) groups is 5. The molecule has 0 saturated carbocycles. The molecule has 0 spiro atoms. The van der Waals surface area contributed by atoms with Crippen molar-refractivity contribution in [3.05, 3.63) is 71.8 Å². The number of nitrogens with one attached hydrogen (secondary N) is 4. The summed E-state index contributed by atoms with van der Waals surface area (Å²) in [7, 11) is 2.47. The van der Waals surface area contributed by atoms with Gasteiger partial charge in [0.15, 0.2) is 0 Å². The van der Waals surface area contributed by atoms with Crippen molar-refractivity contribution >= 4 is 29.8 Å². The average Bonchev–Trinajstić information content (AvgIpc) is 2.97. The molecule has 0 fully saturated rings. The van der Waals surface area contributed by atoms with Crippen LogP contribution < -0.4 is 21.3 Å². The molecule has 4 N–H and O–H groups in total. The molecule has 0 aliphatic carbocycles. The molecule has 11 heteroatoms. The van der Waals surface area contributed by atoms with Gasteiger partial charge in [-0.15, -0.1) is 0 Å². The quantitative estimate of drug-likeness (QED) is 0.249. The molecule has 4 amide bonds. The van der Waals surface area contributed by atoms with Gasteiger partial charge in [0.1, 0.15) is 24.2 Å². The second-order valence-electron chi connectivity index (χ2n) is 10.6. The third-order valence-electron chi connectivity index (χ3n) is 6.65. The molecule has 228 valence electrons. The Bertz CT molecular complexity index is 1100. The van der Waals surface area contributed by atoms with Gasteiger partial charge in [-0.2, -0.15) is 0 Å². The summed E-state index contributed by atoms with van der Waals surface area (Å²) in [4.78, 5) is 64.6. The first-order valence-electron chi connectivity index (χ1n) is 13.9. The maximum atomic E-state index is 13.4. The van der Waals surface area contributed by atoms with Crippen LogP contribution in [0.4, 0.5) is 4.79 Å². The number of amides is 4. The fourth-order valence-electron chi connectivity index (χ4n) is 4.23. The molecule has 4 atom stereocenters. The van der Waals surface area contributed by atoms with Crippen LogP contribution in [0.25, 0.3) is 0 Å². The lowest BCUT2D eigenvalue weighted by Crippen LogP contribution is -2.59. The number of urea groups is 1. The summed E-state index contributed by atoms with van der Waals surface area (Å²) >= 11 is 0. The van der Waals surface area contributed by atoms with Gasteiger partial charge in [-0.05, 0) is 23.0 Å². The van der Waals surface area contributed by atoms with E-state index in [9.17, 15) is 24.0 Å². The molecule has 2 rings (SSSR count). The number of hydrogen-bond acceptors (Lipinski definition) is 7. The van der Waals surface area contributed by atoms with E-state index in [4.69, 9.17) is 9.47 Å². The smallest absolute Gasteiger partial charge is 0.328 e. The Labute approximate surface area is 247 Å². The predicted molar refractivity (Wildman–Crippen MR) is 157 cm³/mol. The van der Waals surface area contributed by atoms with Gasteiger partial charge in [0.05, 0.1) is 14.2 Å². The van der Waals surface area contributed by atoms with E-state index in [1.54, 1.807) is 27.7 Å². The number of esters is 2. The number of ether oxygens (including phenoxy) is 2. The molecular formula is C31H42N4O7. The summed E-state index contributed by atoms with van der Waals surface area (Å²) in [5.74, 6) is -2.93. The summed E-state index contributed by atoms with van der Waals surface area (Å²) in [6.45, 7) is 7.05. The van der Waals surface area contributed by atoms with Crippen LogP contribution in [0.3, 0.4) is 0 Å². The second-order valence-corrected chi connectivity index (χ2v) is 10.6. The van der Waals surface area contributed by atoms with E-state index in [1.807, 2.05) is 60.7 Å². The molecule has 0 aliphatic rings. The molecule has 0 heterocycles. The van der Waals surface area contributed by atoms with Crippen molar-refractivity contribution < 1.29 is 33.4 Å². The van der Waals surface area contributed by atoms with Crippen LogP contribution in [-0.4, -0.2) is 68.2 Å². The van der Waals surface area contributed by atoms with Crippen LogP contribution in [0, 0.1) is 11.8 Å². The molecule has 0 saturated heterocycles. The lowest BCUT2D eigenvalue weighted by atomic mass is 10.0. The van der Waals surface area contributed by atoms with Crippen LogP contribution in [0.15, 0.2) is 60.7 Å². The molecule has 2 aromatic carbocycles. The van der Waals surface area contributed by atoms with E-state index in [0.29, 0.717) is 0 Å². The van der Waals surface area contributed by atoms with Gasteiger partial charge in [0.25, 0.3) is 0 Å². The second kappa shape index (κ2) is 16.8. The minimum absolute atomic E-state index is 0.124. The highest BCUT2D eigenvalue weighted by Gasteiger charge is 2.32. The fourth-order valence-corrected chi connectivity index (χ4v) is 4.23. The topological polar surface area (TPSA) is 152 Å². The average molecular weight is 583 g/mol. The van der Waals surface area contributed by atoms with Crippen molar-refractivity contribution in [2.24, 2.45) is 11.8 Å². The summed E-state index contributed by atoms with van der Waals surface area (Å²) in [5.41, 5.74) is 1.54. The van der Waals surface area contributed by atoms with E-state index in [0.717, 1.165) is 11.1 Å². The zero-order valence-electron chi connectivity index (χ0n) is 25.0. The van der Waals surface area contributed by atoms with Crippen LogP contribution in [0.5, 0.6) is 0 Å². The molecule has 0 radical (unpaired) electrons. The first kappa shape index (κ1) is 33.8. The molecular weight excluding hydrogens is 540 g/mol. The lowest BCUT2D eigenvalue weighted by Gasteiger charge is -2.26. The standard InChI is InChI=1S/C31H42N4O7/c1-19(2)25(29(38)41-5)34-27(36)23(17-21-13-9-7-10-14-21)32-31(40)33-24(18-22-15-11-8-12-16-22)28(37)35-26(20(3)4)30(39)42-6/h7-16,19-20,23-26H,17-18H2,1-6H3,(H,34,36)(H,35,37)(H2,32,33,40)/t23-,24-,25-,26-/m0/s1. The minimum atomic E-state index is -1.09. The number of benzene rings is 2. The summed E-state index contributed by atoms with van der Waals surface area (Å²) in [6.07, 6.45) is 0.249. The largest absolute Gasteiger partial charge is 0.467 e. The highest BCUT2D eigenvalue weighted by molar-refractivity contribution is 5.93. The van der Waals surface area contributed by atoms with Gasteiger partial charge < -0.3 is 30.7 Å². The Morgan fingerprint density at radius 2 is 0.905 bits per heavy atom. The predicted octanol–water partition coefficient (Wildman–Crippen LogP) is 2.14. The van der Waals surface area contributed by atoms with E-state index >= 15 is 0 Å².